The Morgan fingerprint density at radius 3 is 2.00 bits per heavy atom. The molecule has 6 aromatic rings. The van der Waals surface area contributed by atoms with E-state index < -0.39 is 0 Å². The summed E-state index contributed by atoms with van der Waals surface area (Å²) in [5, 5.41) is 0. The van der Waals surface area contributed by atoms with Gasteiger partial charge in [-0.3, -0.25) is 9.55 Å². The number of H-pyrrole nitrogens is 2. The molecule has 2 aromatic carbocycles. The number of nitrogens with one attached hydrogen (secondary N) is 2. The van der Waals surface area contributed by atoms with Gasteiger partial charge in [0.2, 0.25) is 0 Å². The lowest BCUT2D eigenvalue weighted by molar-refractivity contribution is 1.00. The molecule has 4 heterocycles. The number of fused-ring (bicyclic) bond motifs is 2. The van der Waals surface area contributed by atoms with Crippen molar-refractivity contribution in [2.45, 2.75) is 0 Å². The van der Waals surface area contributed by atoms with Gasteiger partial charge in [-0.15, -0.1) is 0 Å². The summed E-state index contributed by atoms with van der Waals surface area (Å²) in [6, 6.07) is 20.8. The predicted octanol–water partition coefficient (Wildman–Crippen LogP) is 3.41. The molecule has 0 saturated heterocycles. The Kier molecular flexibility index (Phi) is 3.91. The fraction of sp³-hybridized carbons (Fsp3) is 0. The van der Waals surface area contributed by atoms with E-state index >= 15 is 0 Å². The van der Waals surface area contributed by atoms with Crippen molar-refractivity contribution in [3.8, 4) is 22.5 Å². The third-order valence-electron chi connectivity index (χ3n) is 5.51. The molecule has 0 atom stereocenters. The van der Waals surface area contributed by atoms with E-state index in [1.807, 2.05) is 54.6 Å². The molecular formula is C24H16N6O2. The van der Waals surface area contributed by atoms with Gasteiger partial charge in [0.1, 0.15) is 0 Å². The Bertz CT molecular complexity index is 1570. The van der Waals surface area contributed by atoms with Crippen LogP contribution in [0.1, 0.15) is 0 Å². The molecule has 0 saturated carbocycles. The Balaban J connectivity index is 1.36. The average molecular weight is 420 g/mol. The minimum absolute atomic E-state index is 0.206. The summed E-state index contributed by atoms with van der Waals surface area (Å²) >= 11 is 0. The Morgan fingerprint density at radius 1 is 0.656 bits per heavy atom. The van der Waals surface area contributed by atoms with E-state index in [0.29, 0.717) is 11.2 Å². The van der Waals surface area contributed by atoms with Gasteiger partial charge in [-0.2, -0.15) is 0 Å². The van der Waals surface area contributed by atoms with E-state index in [0.717, 1.165) is 33.5 Å². The van der Waals surface area contributed by atoms with Crippen molar-refractivity contribution in [2.75, 3.05) is 0 Å². The van der Waals surface area contributed by atoms with Crippen molar-refractivity contribution in [1.82, 2.24) is 29.1 Å². The molecule has 0 unspecified atom stereocenters. The Hall–Kier alpha value is -4.72. The molecule has 0 fully saturated rings. The monoisotopic (exact) mass is 420 g/mol. The largest absolute Gasteiger partial charge is 0.332 e. The highest BCUT2D eigenvalue weighted by atomic mass is 16.1. The SMILES string of the molecule is O=c1[nH]c2ccncc2n1-c1ccc(-c2ccc(-n3c(=O)[nH]c4cccnc43)cc2)cc1. The fourth-order valence-electron chi connectivity index (χ4n) is 3.99. The number of hydrogen-bond donors (Lipinski definition) is 2. The number of aromatic amines is 2. The quantitative estimate of drug-likeness (QED) is 0.458. The summed E-state index contributed by atoms with van der Waals surface area (Å²) < 4.78 is 3.16. The van der Waals surface area contributed by atoms with Crippen LogP contribution in [0.25, 0.3) is 44.7 Å². The summed E-state index contributed by atoms with van der Waals surface area (Å²) in [4.78, 5) is 38.9. The maximum absolute atomic E-state index is 12.4. The first-order valence-electron chi connectivity index (χ1n) is 10.0. The van der Waals surface area contributed by atoms with E-state index in [-0.39, 0.29) is 11.4 Å². The smallest absolute Gasteiger partial charge is 0.305 e. The van der Waals surface area contributed by atoms with Crippen LogP contribution >= 0.6 is 0 Å². The van der Waals surface area contributed by atoms with Crippen LogP contribution in [0, 0.1) is 0 Å². The van der Waals surface area contributed by atoms with Gasteiger partial charge >= 0.3 is 11.4 Å². The normalized spacial score (nSPS) is 11.4. The van der Waals surface area contributed by atoms with Crippen LogP contribution in [0.3, 0.4) is 0 Å². The third kappa shape index (κ3) is 2.78. The first kappa shape index (κ1) is 18.1. The number of nitrogens with zero attached hydrogens (tertiary/aromatic N) is 4. The van der Waals surface area contributed by atoms with Crippen molar-refractivity contribution >= 4 is 22.2 Å². The molecule has 2 N–H and O–H groups in total. The van der Waals surface area contributed by atoms with Crippen LogP contribution in [-0.4, -0.2) is 29.1 Å². The van der Waals surface area contributed by atoms with Crippen molar-refractivity contribution in [3.05, 3.63) is 106 Å². The molecule has 6 rings (SSSR count). The van der Waals surface area contributed by atoms with Gasteiger partial charge in [0.25, 0.3) is 0 Å². The zero-order valence-corrected chi connectivity index (χ0v) is 16.7. The van der Waals surface area contributed by atoms with Crippen LogP contribution in [0.15, 0.2) is 94.9 Å². The zero-order valence-electron chi connectivity index (χ0n) is 16.7. The molecule has 0 radical (unpaired) electrons. The molecule has 0 spiro atoms. The van der Waals surface area contributed by atoms with Crippen LogP contribution in [0.4, 0.5) is 0 Å². The summed E-state index contributed by atoms with van der Waals surface area (Å²) in [7, 11) is 0. The number of hydrogen-bond acceptors (Lipinski definition) is 4. The molecular weight excluding hydrogens is 404 g/mol. The number of imidazole rings is 2. The first-order valence-corrected chi connectivity index (χ1v) is 10.0. The molecule has 0 amide bonds. The first-order chi connectivity index (χ1) is 15.7. The Morgan fingerprint density at radius 2 is 1.28 bits per heavy atom. The van der Waals surface area contributed by atoms with Gasteiger partial charge in [-0.05, 0) is 53.6 Å². The van der Waals surface area contributed by atoms with Gasteiger partial charge in [0, 0.05) is 12.4 Å². The van der Waals surface area contributed by atoms with Crippen molar-refractivity contribution in [3.63, 3.8) is 0 Å². The van der Waals surface area contributed by atoms with Gasteiger partial charge < -0.3 is 9.97 Å². The summed E-state index contributed by atoms with van der Waals surface area (Å²) in [6.07, 6.45) is 4.98. The van der Waals surface area contributed by atoms with Crippen LogP contribution in [0.2, 0.25) is 0 Å². The van der Waals surface area contributed by atoms with Crippen LogP contribution < -0.4 is 11.4 Å². The van der Waals surface area contributed by atoms with Gasteiger partial charge in [-0.1, -0.05) is 24.3 Å². The summed E-state index contributed by atoms with van der Waals surface area (Å²) in [5.74, 6) is 0. The Labute approximate surface area is 180 Å². The average Bonchev–Trinajstić information content (AvgIpc) is 3.34. The molecule has 154 valence electrons. The lowest BCUT2D eigenvalue weighted by Gasteiger charge is -2.08. The highest BCUT2D eigenvalue weighted by Crippen LogP contribution is 2.24. The molecule has 4 aromatic heterocycles. The number of benzene rings is 2. The minimum atomic E-state index is -0.227. The third-order valence-corrected chi connectivity index (χ3v) is 5.51. The second-order valence-corrected chi connectivity index (χ2v) is 7.39. The zero-order chi connectivity index (χ0) is 21.7. The lowest BCUT2D eigenvalue weighted by atomic mass is 10.0. The van der Waals surface area contributed by atoms with Gasteiger partial charge in [0.15, 0.2) is 5.65 Å². The van der Waals surface area contributed by atoms with E-state index in [2.05, 4.69) is 19.9 Å². The molecule has 0 aliphatic rings. The fourth-order valence-corrected chi connectivity index (χ4v) is 3.99. The molecule has 8 nitrogen and oxygen atoms in total. The molecule has 0 bridgehead atoms. The predicted molar refractivity (Wildman–Crippen MR) is 122 cm³/mol. The highest BCUT2D eigenvalue weighted by molar-refractivity contribution is 5.77. The van der Waals surface area contributed by atoms with Crippen molar-refractivity contribution < 1.29 is 0 Å². The number of aromatic nitrogens is 6. The van der Waals surface area contributed by atoms with E-state index in [9.17, 15) is 9.59 Å². The van der Waals surface area contributed by atoms with Crippen molar-refractivity contribution in [1.29, 1.82) is 0 Å². The second-order valence-electron chi connectivity index (χ2n) is 7.39. The van der Waals surface area contributed by atoms with Gasteiger partial charge in [-0.25, -0.2) is 19.1 Å². The highest BCUT2D eigenvalue weighted by Gasteiger charge is 2.11. The topological polar surface area (TPSA) is 101 Å². The minimum Gasteiger partial charge on any atom is -0.305 e. The van der Waals surface area contributed by atoms with Crippen LogP contribution in [0.5, 0.6) is 0 Å². The molecule has 0 aliphatic carbocycles. The van der Waals surface area contributed by atoms with E-state index in [4.69, 9.17) is 0 Å². The maximum Gasteiger partial charge on any atom is 0.332 e. The van der Waals surface area contributed by atoms with Crippen LogP contribution in [-0.2, 0) is 0 Å². The van der Waals surface area contributed by atoms with Gasteiger partial charge in [0.05, 0.1) is 34.1 Å². The number of pyridine rings is 2. The van der Waals surface area contributed by atoms with Crippen molar-refractivity contribution in [2.24, 2.45) is 0 Å². The summed E-state index contributed by atoms with van der Waals surface area (Å²) in [6.45, 7) is 0. The number of rotatable bonds is 3. The lowest BCUT2D eigenvalue weighted by Crippen LogP contribution is -2.14. The molecule has 0 aliphatic heterocycles. The van der Waals surface area contributed by atoms with E-state index in [1.54, 1.807) is 39.9 Å². The summed E-state index contributed by atoms with van der Waals surface area (Å²) in [5.41, 5.74) is 5.80. The second kappa shape index (κ2) is 6.92. The maximum atomic E-state index is 12.4. The van der Waals surface area contributed by atoms with E-state index in [1.165, 1.54) is 0 Å². The molecule has 8 heteroatoms. The standard InChI is InChI=1S/C24H16N6O2/c31-23-27-19-11-13-25-14-21(19)29(23)17-7-3-15(4-8-17)16-5-9-18(10-6-16)30-22-20(28-24(30)32)2-1-12-26-22/h1-14H,(H,27,31)(H,28,32). The molecule has 32 heavy (non-hydrogen) atoms.